The lowest BCUT2D eigenvalue weighted by Gasteiger charge is -2.40. The molecule has 11 rings (SSSR count). The van der Waals surface area contributed by atoms with Crippen LogP contribution < -0.4 is 31.5 Å². The topological polar surface area (TPSA) is 579 Å². The van der Waals surface area contributed by atoms with Gasteiger partial charge in [0.25, 0.3) is 36.2 Å². The number of thiazole rings is 1. The van der Waals surface area contributed by atoms with Crippen LogP contribution in [0.3, 0.4) is 0 Å². The van der Waals surface area contributed by atoms with Gasteiger partial charge >= 0.3 is 0 Å². The maximum atomic E-state index is 10.7. The summed E-state index contributed by atoms with van der Waals surface area (Å²) in [5.41, 5.74) is 6.47. The number of amidine groups is 1. The molecule has 0 unspecified atom stereocenters. The van der Waals surface area contributed by atoms with Crippen molar-refractivity contribution in [3.8, 4) is 12.4 Å². The molecule has 0 atom stereocenters. The second-order valence-corrected chi connectivity index (χ2v) is 32.4. The number of nitro groups is 6. The number of anilines is 1. The molecule has 0 radical (unpaired) electrons. The van der Waals surface area contributed by atoms with Crippen molar-refractivity contribution in [3.05, 3.63) is 298 Å². The van der Waals surface area contributed by atoms with Gasteiger partial charge in [-0.1, -0.05) is 129 Å². The monoisotopic (exact) mass is 2060 g/mol. The van der Waals surface area contributed by atoms with E-state index in [1.165, 1.54) is 18.4 Å². The molecule has 50 nitrogen and oxygen atoms in total. The fourth-order valence-electron chi connectivity index (χ4n) is 11.4. The third-order valence-electron chi connectivity index (χ3n) is 17.2. The maximum absolute atomic E-state index is 10.7. The Hall–Kier alpha value is -14.2. The highest BCUT2D eigenvalue weighted by Crippen LogP contribution is 2.23. The Morgan fingerprint density at radius 2 is 0.919 bits per heavy atom. The lowest BCUT2D eigenvalue weighted by Crippen LogP contribution is -2.56. The van der Waals surface area contributed by atoms with E-state index in [1.54, 1.807) is 182 Å². The number of guanidine groups is 5. The fraction of sp³-hybridized carbons (Fsp3) is 0.351. The number of aromatic nitrogens is 8. The highest BCUT2D eigenvalue weighted by Gasteiger charge is 2.28. The number of hydrogen-bond donors (Lipinski definition) is 5. The summed E-state index contributed by atoms with van der Waals surface area (Å²) in [5.74, 6) is 3.16. The minimum atomic E-state index is -0.779. The molecule has 136 heavy (non-hydrogen) atoms. The minimum Gasteiger partial charge on any atom is -0.365 e. The van der Waals surface area contributed by atoms with E-state index in [9.17, 15) is 60.7 Å². The minimum absolute atomic E-state index is 0.0875. The van der Waals surface area contributed by atoms with Gasteiger partial charge in [0.1, 0.15) is 62.3 Å². The Labute approximate surface area is 825 Å². The first kappa shape index (κ1) is 114. The third-order valence-corrected chi connectivity index (χ3v) is 19.9. The first-order valence-electron chi connectivity index (χ1n) is 39.4. The molecule has 0 aliphatic carbocycles. The van der Waals surface area contributed by atoms with Gasteiger partial charge in [0.15, 0.2) is 36.2 Å². The summed E-state index contributed by atoms with van der Waals surface area (Å²) in [6.45, 7) is 11.8. The van der Waals surface area contributed by atoms with Crippen LogP contribution in [0.2, 0.25) is 40.5 Å². The van der Waals surface area contributed by atoms with E-state index in [4.69, 9.17) is 103 Å². The molecule has 728 valence electrons. The summed E-state index contributed by atoms with van der Waals surface area (Å²) < 4.78 is 0.434. The highest BCUT2D eigenvalue weighted by atomic mass is 35.5. The molecular formula is C77H96Cl8N38O12S. The van der Waals surface area contributed by atoms with Crippen LogP contribution >= 0.6 is 104 Å². The standard InChI is InChI=1S/C11H15ClN6O2.C11H14ClN5.2C10H14ClN5O2.C10H11ClN4O2.C10H11ClN4.C9H9ClN4O2.C6H8ClN5O2S/c1-15-7-16(2)11(14-18(19)20)17(8-15)6-9-3-4-10(12)13-5-9;1-16(2)11(15-8-13)17(3)7-9-4-5-10(12)14-6-9;1-14(2)10(13-16(17)18)15(3)7-8-4-5-9(11)12-6-8;1-3-15(10(12-2)14-16(17)18)7-8-4-5-9(11)13-6-8;11-9-2-1-8(5-13-9)6-14-4-3-12-10(14)7-15(16)17;1-8(14-7-12)15(2)6-9-3-4-10(11)13-5-9;10-8-2-1-7(5-12-8)13-4-3-11-9(13)6-14(15)16;1-8-6(11-12(13)14)10-3-4-2-9-5(7)15-4/h3-5H,6-8H2,1-2H3;4-6H,7H2,1-3H3;4-6H,7H2,1-3H3;4-6H,3,7H2,1-2H3,(H,12,14);1-2,5,7,12H,3-4,6H2;3-5H,6H2,1-2H3;1-2,5-6,11H,3-4H2;2H,3H2,1H3,(H2,8,10,11)/b14-11+;;13-10+;;10-7+;;9-6+;. The Morgan fingerprint density at radius 3 is 1.31 bits per heavy atom. The van der Waals surface area contributed by atoms with Crippen molar-refractivity contribution < 1.29 is 30.0 Å². The van der Waals surface area contributed by atoms with Crippen LogP contribution in [-0.4, -0.2) is 278 Å². The Morgan fingerprint density at radius 1 is 0.500 bits per heavy atom. The van der Waals surface area contributed by atoms with Gasteiger partial charge in [0, 0.05) is 191 Å². The lowest BCUT2D eigenvalue weighted by molar-refractivity contribution is -0.486. The van der Waals surface area contributed by atoms with Crippen molar-refractivity contribution in [3.63, 3.8) is 0 Å². The van der Waals surface area contributed by atoms with Crippen molar-refractivity contribution >= 4 is 145 Å². The number of hydrazone groups is 4. The normalized spacial score (nSPS) is 13.7. The molecule has 59 heteroatoms. The lowest BCUT2D eigenvalue weighted by atomic mass is 10.2. The molecule has 3 aliphatic heterocycles. The van der Waals surface area contributed by atoms with Crippen molar-refractivity contribution in [1.29, 1.82) is 10.5 Å². The number of rotatable bonds is 22. The van der Waals surface area contributed by atoms with Gasteiger partial charge < -0.3 is 75.6 Å². The predicted molar refractivity (Wildman–Crippen MR) is 519 cm³/mol. The number of aliphatic imine (C=N–C) groups is 2. The second-order valence-electron chi connectivity index (χ2n) is 28.0. The third kappa shape index (κ3) is 45.0. The largest absolute Gasteiger partial charge is 0.365 e. The van der Waals surface area contributed by atoms with E-state index in [0.29, 0.717) is 155 Å². The summed E-state index contributed by atoms with van der Waals surface area (Å²) in [6.07, 6.45) is 18.6. The van der Waals surface area contributed by atoms with Gasteiger partial charge in [-0.3, -0.25) is 25.1 Å². The molecule has 8 aromatic heterocycles. The van der Waals surface area contributed by atoms with Crippen molar-refractivity contribution in [2.45, 2.75) is 59.7 Å². The summed E-state index contributed by atoms with van der Waals surface area (Å²) in [7, 11) is 19.3. The molecule has 0 bridgehead atoms. The molecule has 0 amide bonds. The molecule has 8 aromatic rings. The first-order valence-corrected chi connectivity index (χ1v) is 43.2. The number of pyridine rings is 7. The molecular weight excluding hydrogens is 1960 g/mol. The summed E-state index contributed by atoms with van der Waals surface area (Å²) in [6, 6.07) is 24.8. The van der Waals surface area contributed by atoms with Gasteiger partial charge in [-0.05, 0) is 103 Å². The van der Waals surface area contributed by atoms with Crippen LogP contribution in [0, 0.1) is 83.6 Å². The molecule has 0 saturated carbocycles. The van der Waals surface area contributed by atoms with Gasteiger partial charge in [0.05, 0.1) is 41.6 Å². The van der Waals surface area contributed by atoms with Gasteiger partial charge in [0.2, 0.25) is 18.3 Å². The van der Waals surface area contributed by atoms with E-state index in [2.05, 4.69) is 96.8 Å². The van der Waals surface area contributed by atoms with E-state index < -0.39 is 30.0 Å². The zero-order chi connectivity index (χ0) is 101. The molecule has 3 aliphatic rings. The van der Waals surface area contributed by atoms with Crippen molar-refractivity contribution in [2.24, 2.45) is 30.4 Å². The van der Waals surface area contributed by atoms with Crippen molar-refractivity contribution in [2.75, 3.05) is 128 Å². The van der Waals surface area contributed by atoms with Gasteiger partial charge in [-0.25, -0.2) is 80.3 Å². The highest BCUT2D eigenvalue weighted by molar-refractivity contribution is 7.15. The summed E-state index contributed by atoms with van der Waals surface area (Å²) in [5, 5.41) is 107. The van der Waals surface area contributed by atoms with Crippen molar-refractivity contribution in [1.82, 2.24) is 115 Å². The number of nitrogens with zero attached hydrogens (tertiary/aromatic N) is 33. The van der Waals surface area contributed by atoms with E-state index in [-0.39, 0.29) is 17.9 Å². The zero-order valence-electron chi connectivity index (χ0n) is 75.3. The van der Waals surface area contributed by atoms with E-state index in [1.807, 2.05) is 103 Å². The predicted octanol–water partition coefficient (Wildman–Crippen LogP) is 10.2. The first-order chi connectivity index (χ1) is 64.5. The molecule has 5 N–H and O–H groups in total. The number of hydrogen-bond acceptors (Lipinski definition) is 30. The van der Waals surface area contributed by atoms with Crippen LogP contribution in [0.1, 0.15) is 52.1 Å². The summed E-state index contributed by atoms with van der Waals surface area (Å²) >= 11 is 46.8. The second kappa shape index (κ2) is 60.9. The van der Waals surface area contributed by atoms with Crippen LogP contribution in [0.25, 0.3) is 0 Å². The molecule has 0 aromatic carbocycles. The Kier molecular flexibility index (Phi) is 51.1. The SMILES string of the molecule is CC(=NC#N)N(C)Cc1ccc(Cl)nc1.CCN(Cc1ccc(Cl)nc1)/C(=N/[N+](=O)[O-])NC.CN(C)/C(=N\[N+](=O)[O-])N(C)Cc1ccc(Cl)nc1.CN(C)C(=NC#N)N(C)Cc1ccc(Cl)nc1.CN/C(=N\[N+](=O)[O-])NCc1cnc(Cl)s1.CN1CN(C)/C(=N\[N+](=O)[O-])N(Cc2ccc(Cl)nc2)C1.O=[N+]([O-])/C=C1\NCCN1Cc1ccc(Cl)nc1.O=[N+]([O-])/C=C1\NCCN1c1ccc(Cl)nc1. The fourth-order valence-corrected chi connectivity index (χ4v) is 13.1. The van der Waals surface area contributed by atoms with Crippen LogP contribution in [0.15, 0.2) is 189 Å². The number of nitrogens with one attached hydrogen (secondary N) is 5. The van der Waals surface area contributed by atoms with Gasteiger partial charge in [-0.2, -0.15) is 15.5 Å². The quantitative estimate of drug-likeness (QED) is 0.0105. The van der Waals surface area contributed by atoms with E-state index >= 15 is 0 Å². The van der Waals surface area contributed by atoms with E-state index in [0.717, 1.165) is 62.9 Å². The summed E-state index contributed by atoms with van der Waals surface area (Å²) in [4.78, 5) is 121. The Balaban J connectivity index is 0.000000325. The smallest absolute Gasteiger partial charge is 0.276 e. The molecule has 3 fully saturated rings. The zero-order valence-corrected chi connectivity index (χ0v) is 82.2. The Bertz CT molecular complexity index is 5500. The van der Waals surface area contributed by atoms with Gasteiger partial charge in [-0.15, -0.1) is 16.3 Å². The molecule has 0 spiro atoms. The maximum Gasteiger partial charge on any atom is 0.276 e. The number of nitriles is 2. The van der Waals surface area contributed by atoms with Crippen LogP contribution in [0.4, 0.5) is 5.69 Å². The molecule has 11 heterocycles. The molecule has 3 saturated heterocycles. The number of halogens is 8. The van der Waals surface area contributed by atoms with Crippen LogP contribution in [-0.2, 0) is 45.8 Å². The van der Waals surface area contributed by atoms with Crippen LogP contribution in [0.5, 0.6) is 0 Å². The average Bonchev–Trinajstić information content (AvgIpc) is 1.07. The average molecular weight is 2060 g/mol.